The molecule has 4 rings (SSSR count). The molecule has 2 aliphatic heterocycles. The SMILES string of the molecule is COc1ccc(CN2C(=O)Cc3c(C)nc(C4CCCN4C(=O)C(C)(C)OC)nc32)cc1. The maximum atomic E-state index is 13.1. The summed E-state index contributed by atoms with van der Waals surface area (Å²) in [5.74, 6) is 1.94. The van der Waals surface area contributed by atoms with Crippen molar-refractivity contribution in [1.82, 2.24) is 14.9 Å². The fourth-order valence-corrected chi connectivity index (χ4v) is 4.33. The first-order valence-corrected chi connectivity index (χ1v) is 10.9. The van der Waals surface area contributed by atoms with Crippen LogP contribution in [-0.4, -0.2) is 53.0 Å². The van der Waals surface area contributed by atoms with E-state index in [1.807, 2.05) is 36.1 Å². The number of methoxy groups -OCH3 is 2. The number of hydrogen-bond acceptors (Lipinski definition) is 6. The highest BCUT2D eigenvalue weighted by atomic mass is 16.5. The smallest absolute Gasteiger partial charge is 0.254 e. The van der Waals surface area contributed by atoms with Crippen molar-refractivity contribution in [2.45, 2.75) is 58.2 Å². The number of fused-ring (bicyclic) bond motifs is 1. The summed E-state index contributed by atoms with van der Waals surface area (Å²) in [6.07, 6.45) is 1.96. The standard InChI is InChI=1S/C24H30N4O4/c1-15-18-13-20(29)28(14-16-8-10-17(31-4)11-9-16)22(18)26-21(25-15)19-7-6-12-27(19)23(30)24(2,3)32-5/h8-11,19H,6-7,12-14H2,1-5H3. The maximum Gasteiger partial charge on any atom is 0.254 e. The number of anilines is 1. The molecule has 1 fully saturated rings. The number of carbonyl (C=O) groups is 2. The number of carbonyl (C=O) groups excluding carboxylic acids is 2. The zero-order chi connectivity index (χ0) is 23.0. The Balaban J connectivity index is 1.65. The molecule has 3 heterocycles. The number of nitrogens with zero attached hydrogens (tertiary/aromatic N) is 4. The van der Waals surface area contributed by atoms with Crippen LogP contribution < -0.4 is 9.64 Å². The number of aromatic nitrogens is 2. The lowest BCUT2D eigenvalue weighted by molar-refractivity contribution is -0.152. The second kappa shape index (κ2) is 8.50. The summed E-state index contributed by atoms with van der Waals surface area (Å²) in [4.78, 5) is 39.0. The molecule has 0 radical (unpaired) electrons. The molecule has 1 aromatic carbocycles. The molecule has 1 saturated heterocycles. The van der Waals surface area contributed by atoms with Crippen molar-refractivity contribution in [2.75, 3.05) is 25.7 Å². The predicted molar refractivity (Wildman–Crippen MR) is 119 cm³/mol. The number of aryl methyl sites for hydroxylation is 1. The zero-order valence-corrected chi connectivity index (χ0v) is 19.3. The van der Waals surface area contributed by atoms with Gasteiger partial charge in [0.1, 0.15) is 17.2 Å². The third-order valence-electron chi connectivity index (χ3n) is 6.43. The summed E-state index contributed by atoms with van der Waals surface area (Å²) in [5, 5.41) is 0. The molecule has 0 spiro atoms. The van der Waals surface area contributed by atoms with Gasteiger partial charge in [0.25, 0.3) is 5.91 Å². The Labute approximate surface area is 188 Å². The van der Waals surface area contributed by atoms with Gasteiger partial charge in [0.2, 0.25) is 5.91 Å². The minimum absolute atomic E-state index is 0.00485. The van der Waals surface area contributed by atoms with Crippen LogP contribution in [-0.2, 0) is 27.3 Å². The maximum absolute atomic E-state index is 13.1. The molecule has 2 aromatic rings. The topological polar surface area (TPSA) is 84.9 Å². The molecular weight excluding hydrogens is 408 g/mol. The summed E-state index contributed by atoms with van der Waals surface area (Å²) in [6.45, 7) is 6.53. The fourth-order valence-electron chi connectivity index (χ4n) is 4.33. The van der Waals surface area contributed by atoms with E-state index < -0.39 is 5.60 Å². The van der Waals surface area contributed by atoms with Crippen LogP contribution in [0.3, 0.4) is 0 Å². The highest BCUT2D eigenvalue weighted by molar-refractivity contribution is 6.00. The van der Waals surface area contributed by atoms with Crippen molar-refractivity contribution in [1.29, 1.82) is 0 Å². The van der Waals surface area contributed by atoms with Crippen molar-refractivity contribution in [3.8, 4) is 5.75 Å². The predicted octanol–water partition coefficient (Wildman–Crippen LogP) is 2.97. The lowest BCUT2D eigenvalue weighted by Crippen LogP contribution is -2.46. The van der Waals surface area contributed by atoms with Crippen molar-refractivity contribution in [3.63, 3.8) is 0 Å². The monoisotopic (exact) mass is 438 g/mol. The summed E-state index contributed by atoms with van der Waals surface area (Å²) in [5.41, 5.74) is 1.73. The van der Waals surface area contributed by atoms with Gasteiger partial charge in [0.15, 0.2) is 5.82 Å². The van der Waals surface area contributed by atoms with Crippen LogP contribution in [0.5, 0.6) is 5.75 Å². The average molecular weight is 439 g/mol. The van der Waals surface area contributed by atoms with Gasteiger partial charge in [-0.05, 0) is 51.3 Å². The van der Waals surface area contributed by atoms with E-state index in [-0.39, 0.29) is 17.9 Å². The van der Waals surface area contributed by atoms with E-state index in [0.29, 0.717) is 31.2 Å². The first-order valence-electron chi connectivity index (χ1n) is 10.9. The van der Waals surface area contributed by atoms with E-state index in [4.69, 9.17) is 19.4 Å². The summed E-state index contributed by atoms with van der Waals surface area (Å²) in [6, 6.07) is 7.44. The highest BCUT2D eigenvalue weighted by Crippen LogP contribution is 2.36. The Kier molecular flexibility index (Phi) is 5.90. The third-order valence-corrected chi connectivity index (χ3v) is 6.43. The highest BCUT2D eigenvalue weighted by Gasteiger charge is 2.41. The van der Waals surface area contributed by atoms with Gasteiger partial charge in [-0.15, -0.1) is 0 Å². The minimum Gasteiger partial charge on any atom is -0.497 e. The molecule has 1 atom stereocenters. The second-order valence-corrected chi connectivity index (χ2v) is 8.85. The van der Waals surface area contributed by atoms with Crippen molar-refractivity contribution < 1.29 is 19.1 Å². The Bertz CT molecular complexity index is 1040. The van der Waals surface area contributed by atoms with Gasteiger partial charge in [0.05, 0.1) is 26.1 Å². The molecule has 8 heteroatoms. The molecule has 1 unspecified atom stereocenters. The van der Waals surface area contributed by atoms with Crippen LogP contribution in [0.25, 0.3) is 0 Å². The van der Waals surface area contributed by atoms with Crippen LogP contribution in [0.4, 0.5) is 5.82 Å². The van der Waals surface area contributed by atoms with E-state index in [2.05, 4.69) is 0 Å². The minimum atomic E-state index is -0.912. The van der Waals surface area contributed by atoms with Gasteiger partial charge in [-0.25, -0.2) is 9.97 Å². The van der Waals surface area contributed by atoms with E-state index in [9.17, 15) is 9.59 Å². The van der Waals surface area contributed by atoms with Gasteiger partial charge in [-0.3, -0.25) is 14.5 Å². The van der Waals surface area contributed by atoms with Crippen LogP contribution in [0, 0.1) is 6.92 Å². The number of ether oxygens (including phenoxy) is 2. The quantitative estimate of drug-likeness (QED) is 0.689. The van der Waals surface area contributed by atoms with Gasteiger partial charge < -0.3 is 14.4 Å². The van der Waals surface area contributed by atoms with E-state index in [1.54, 1.807) is 33.0 Å². The molecule has 2 amide bonds. The van der Waals surface area contributed by atoms with Gasteiger partial charge in [-0.2, -0.15) is 0 Å². The van der Waals surface area contributed by atoms with E-state index in [1.165, 1.54) is 0 Å². The van der Waals surface area contributed by atoms with Gasteiger partial charge in [-0.1, -0.05) is 12.1 Å². The molecular formula is C24H30N4O4. The Morgan fingerprint density at radius 2 is 1.91 bits per heavy atom. The van der Waals surface area contributed by atoms with Crippen LogP contribution in [0.2, 0.25) is 0 Å². The Hall–Kier alpha value is -3.00. The van der Waals surface area contributed by atoms with Gasteiger partial charge in [0, 0.05) is 24.9 Å². The van der Waals surface area contributed by atoms with Crippen LogP contribution in [0.1, 0.15) is 55.4 Å². The van der Waals surface area contributed by atoms with Crippen LogP contribution >= 0.6 is 0 Å². The molecule has 2 aliphatic rings. The first-order chi connectivity index (χ1) is 15.2. The Morgan fingerprint density at radius 1 is 1.19 bits per heavy atom. The fraction of sp³-hybridized carbons (Fsp3) is 0.500. The molecule has 32 heavy (non-hydrogen) atoms. The molecule has 0 N–H and O–H groups in total. The van der Waals surface area contributed by atoms with Crippen molar-refractivity contribution in [3.05, 3.63) is 46.9 Å². The number of amides is 2. The average Bonchev–Trinajstić information content (AvgIpc) is 3.39. The molecule has 0 bridgehead atoms. The zero-order valence-electron chi connectivity index (χ0n) is 19.3. The third kappa shape index (κ3) is 3.95. The van der Waals surface area contributed by atoms with E-state index >= 15 is 0 Å². The number of rotatable bonds is 6. The van der Waals surface area contributed by atoms with Crippen molar-refractivity contribution in [2.24, 2.45) is 0 Å². The lowest BCUT2D eigenvalue weighted by atomic mass is 10.1. The molecule has 1 aromatic heterocycles. The molecule has 8 nitrogen and oxygen atoms in total. The summed E-state index contributed by atoms with van der Waals surface area (Å²) >= 11 is 0. The lowest BCUT2D eigenvalue weighted by Gasteiger charge is -2.32. The second-order valence-electron chi connectivity index (χ2n) is 8.85. The largest absolute Gasteiger partial charge is 0.497 e. The normalized spacial score (nSPS) is 18.3. The van der Waals surface area contributed by atoms with Crippen molar-refractivity contribution >= 4 is 17.6 Å². The molecule has 170 valence electrons. The summed E-state index contributed by atoms with van der Waals surface area (Å²) in [7, 11) is 3.17. The first kappa shape index (κ1) is 22.2. The Morgan fingerprint density at radius 3 is 2.56 bits per heavy atom. The molecule has 0 aliphatic carbocycles. The van der Waals surface area contributed by atoms with Gasteiger partial charge >= 0.3 is 0 Å². The number of hydrogen-bond donors (Lipinski definition) is 0. The number of benzene rings is 1. The molecule has 0 saturated carbocycles. The number of likely N-dealkylation sites (tertiary alicyclic amines) is 1. The van der Waals surface area contributed by atoms with E-state index in [0.717, 1.165) is 35.4 Å². The summed E-state index contributed by atoms with van der Waals surface area (Å²) < 4.78 is 10.6. The van der Waals surface area contributed by atoms with Crippen LogP contribution in [0.15, 0.2) is 24.3 Å².